The van der Waals surface area contributed by atoms with Gasteiger partial charge >= 0.3 is 0 Å². The standard InChI is InChI=1S/C5H12ClN/c1-4(6)5(2)7-3/h4-5,7H,1-3H3/t4-,5+/m0/s1. The fourth-order valence-electron chi connectivity index (χ4n) is 0.230. The number of halogens is 1. The topological polar surface area (TPSA) is 12.0 Å². The first-order valence-electron chi connectivity index (χ1n) is 2.49. The second kappa shape index (κ2) is 3.28. The molecule has 0 amide bonds. The Bertz CT molecular complexity index is 45.3. The second-order valence-corrected chi connectivity index (χ2v) is 2.44. The Labute approximate surface area is 50.1 Å². The van der Waals surface area contributed by atoms with Crippen molar-refractivity contribution >= 4 is 11.6 Å². The van der Waals surface area contributed by atoms with Crippen LogP contribution in [0.3, 0.4) is 0 Å². The van der Waals surface area contributed by atoms with Gasteiger partial charge in [0.2, 0.25) is 0 Å². The van der Waals surface area contributed by atoms with Gasteiger partial charge in [-0.15, -0.1) is 11.6 Å². The minimum Gasteiger partial charge on any atom is -0.316 e. The Morgan fingerprint density at radius 1 is 1.43 bits per heavy atom. The Morgan fingerprint density at radius 2 is 1.86 bits per heavy atom. The van der Waals surface area contributed by atoms with Crippen LogP contribution in [-0.4, -0.2) is 18.5 Å². The molecule has 2 heteroatoms. The van der Waals surface area contributed by atoms with Crippen LogP contribution in [0.4, 0.5) is 0 Å². The van der Waals surface area contributed by atoms with Crippen molar-refractivity contribution in [1.82, 2.24) is 5.32 Å². The molecule has 0 heterocycles. The highest BCUT2D eigenvalue weighted by Gasteiger charge is 2.02. The highest BCUT2D eigenvalue weighted by Crippen LogP contribution is 1.97. The predicted molar refractivity (Wildman–Crippen MR) is 33.8 cm³/mol. The van der Waals surface area contributed by atoms with E-state index in [9.17, 15) is 0 Å². The minimum absolute atomic E-state index is 0.227. The zero-order chi connectivity index (χ0) is 5.86. The van der Waals surface area contributed by atoms with Crippen LogP contribution in [0, 0.1) is 0 Å². The number of alkyl halides is 1. The lowest BCUT2D eigenvalue weighted by Gasteiger charge is -2.10. The summed E-state index contributed by atoms with van der Waals surface area (Å²) in [6.07, 6.45) is 0. The van der Waals surface area contributed by atoms with Crippen LogP contribution >= 0.6 is 11.6 Å². The molecule has 0 bridgehead atoms. The highest BCUT2D eigenvalue weighted by atomic mass is 35.5. The molecule has 1 nitrogen and oxygen atoms in total. The molecule has 0 saturated heterocycles. The Kier molecular flexibility index (Phi) is 3.39. The maximum Gasteiger partial charge on any atom is 0.0458 e. The van der Waals surface area contributed by atoms with Crippen LogP contribution in [0.5, 0.6) is 0 Å². The van der Waals surface area contributed by atoms with E-state index in [2.05, 4.69) is 12.2 Å². The molecule has 0 aromatic carbocycles. The summed E-state index contributed by atoms with van der Waals surface area (Å²) < 4.78 is 0. The Balaban J connectivity index is 3.14. The van der Waals surface area contributed by atoms with Crippen LogP contribution in [0.25, 0.3) is 0 Å². The molecular formula is C5H12ClN. The van der Waals surface area contributed by atoms with Crippen molar-refractivity contribution in [2.45, 2.75) is 25.3 Å². The van der Waals surface area contributed by atoms with Gasteiger partial charge in [0.25, 0.3) is 0 Å². The van der Waals surface area contributed by atoms with Gasteiger partial charge in [0, 0.05) is 11.4 Å². The Hall–Kier alpha value is 0.250. The average molecular weight is 122 g/mol. The third-order valence-electron chi connectivity index (χ3n) is 1.14. The molecule has 0 aliphatic heterocycles. The van der Waals surface area contributed by atoms with E-state index in [0.29, 0.717) is 6.04 Å². The molecule has 7 heavy (non-hydrogen) atoms. The lowest BCUT2D eigenvalue weighted by Crippen LogP contribution is -2.28. The molecular weight excluding hydrogens is 110 g/mol. The zero-order valence-electron chi connectivity index (χ0n) is 5.03. The molecule has 0 aromatic rings. The summed E-state index contributed by atoms with van der Waals surface area (Å²) in [5.74, 6) is 0. The fourth-order valence-corrected chi connectivity index (χ4v) is 0.356. The van der Waals surface area contributed by atoms with Gasteiger partial charge in [-0.25, -0.2) is 0 Å². The summed E-state index contributed by atoms with van der Waals surface area (Å²) in [6, 6.07) is 0.418. The second-order valence-electron chi connectivity index (χ2n) is 1.75. The monoisotopic (exact) mass is 121 g/mol. The molecule has 0 fully saturated rings. The van der Waals surface area contributed by atoms with E-state index in [1.165, 1.54) is 0 Å². The number of nitrogens with one attached hydrogen (secondary N) is 1. The van der Waals surface area contributed by atoms with Gasteiger partial charge < -0.3 is 5.32 Å². The summed E-state index contributed by atoms with van der Waals surface area (Å²) in [5.41, 5.74) is 0. The van der Waals surface area contributed by atoms with Crippen LogP contribution in [-0.2, 0) is 0 Å². The van der Waals surface area contributed by atoms with Crippen LogP contribution < -0.4 is 5.32 Å². The van der Waals surface area contributed by atoms with Crippen molar-refractivity contribution in [3.8, 4) is 0 Å². The van der Waals surface area contributed by atoms with E-state index >= 15 is 0 Å². The fraction of sp³-hybridized carbons (Fsp3) is 1.00. The van der Waals surface area contributed by atoms with E-state index in [1.54, 1.807) is 0 Å². The van der Waals surface area contributed by atoms with Crippen LogP contribution in [0.15, 0.2) is 0 Å². The van der Waals surface area contributed by atoms with Crippen LogP contribution in [0.2, 0.25) is 0 Å². The predicted octanol–water partition coefficient (Wildman–Crippen LogP) is 1.22. The lowest BCUT2D eigenvalue weighted by atomic mass is 10.3. The summed E-state index contributed by atoms with van der Waals surface area (Å²) in [7, 11) is 1.91. The average Bonchev–Trinajstić information content (AvgIpc) is 1.65. The van der Waals surface area contributed by atoms with Crippen molar-refractivity contribution in [2.24, 2.45) is 0 Å². The molecule has 0 aliphatic carbocycles. The maximum atomic E-state index is 5.67. The van der Waals surface area contributed by atoms with Gasteiger partial charge in [0.15, 0.2) is 0 Å². The minimum atomic E-state index is 0.227. The summed E-state index contributed by atoms with van der Waals surface area (Å²) in [6.45, 7) is 4.03. The van der Waals surface area contributed by atoms with Crippen molar-refractivity contribution in [1.29, 1.82) is 0 Å². The van der Waals surface area contributed by atoms with Crippen LogP contribution in [0.1, 0.15) is 13.8 Å². The molecule has 0 spiro atoms. The van der Waals surface area contributed by atoms with Gasteiger partial charge in [-0.1, -0.05) is 0 Å². The van der Waals surface area contributed by atoms with Crippen molar-refractivity contribution < 1.29 is 0 Å². The highest BCUT2D eigenvalue weighted by molar-refractivity contribution is 6.20. The van der Waals surface area contributed by atoms with Gasteiger partial charge in [-0.2, -0.15) is 0 Å². The number of hydrogen-bond donors (Lipinski definition) is 1. The van der Waals surface area contributed by atoms with Gasteiger partial charge in [0.05, 0.1) is 0 Å². The summed E-state index contributed by atoms with van der Waals surface area (Å²) >= 11 is 5.67. The SMILES string of the molecule is CN[C@H](C)[C@H](C)Cl. The van der Waals surface area contributed by atoms with Gasteiger partial charge in [-0.3, -0.25) is 0 Å². The first-order valence-corrected chi connectivity index (χ1v) is 2.93. The summed E-state index contributed by atoms with van der Waals surface area (Å²) in [4.78, 5) is 0. The Morgan fingerprint density at radius 3 is 1.86 bits per heavy atom. The molecule has 0 rings (SSSR count). The third-order valence-corrected chi connectivity index (χ3v) is 1.52. The molecule has 1 N–H and O–H groups in total. The van der Waals surface area contributed by atoms with E-state index in [1.807, 2.05) is 14.0 Å². The van der Waals surface area contributed by atoms with Gasteiger partial charge in [0.1, 0.15) is 0 Å². The third kappa shape index (κ3) is 2.89. The van der Waals surface area contributed by atoms with Gasteiger partial charge in [-0.05, 0) is 20.9 Å². The zero-order valence-corrected chi connectivity index (χ0v) is 5.79. The largest absolute Gasteiger partial charge is 0.316 e. The van der Waals surface area contributed by atoms with Crippen molar-refractivity contribution in [3.05, 3.63) is 0 Å². The smallest absolute Gasteiger partial charge is 0.0458 e. The quantitative estimate of drug-likeness (QED) is 0.542. The summed E-state index contributed by atoms with van der Waals surface area (Å²) in [5, 5.41) is 3.26. The van der Waals surface area contributed by atoms with E-state index < -0.39 is 0 Å². The normalized spacial score (nSPS) is 18.9. The van der Waals surface area contributed by atoms with E-state index in [0.717, 1.165) is 0 Å². The van der Waals surface area contributed by atoms with Crippen molar-refractivity contribution in [3.63, 3.8) is 0 Å². The number of hydrogen-bond acceptors (Lipinski definition) is 1. The molecule has 0 saturated carbocycles. The maximum absolute atomic E-state index is 5.67. The van der Waals surface area contributed by atoms with E-state index in [4.69, 9.17) is 11.6 Å². The molecule has 2 atom stereocenters. The molecule has 44 valence electrons. The molecule has 0 aliphatic rings. The van der Waals surface area contributed by atoms with E-state index in [-0.39, 0.29) is 5.38 Å². The van der Waals surface area contributed by atoms with Crippen molar-refractivity contribution in [2.75, 3.05) is 7.05 Å². The first kappa shape index (κ1) is 7.25. The number of rotatable bonds is 2. The lowest BCUT2D eigenvalue weighted by molar-refractivity contribution is 0.600. The first-order chi connectivity index (χ1) is 3.18. The molecule has 0 aromatic heterocycles. The molecule has 0 radical (unpaired) electrons. The molecule has 0 unspecified atom stereocenters.